The highest BCUT2D eigenvalue weighted by Gasteiger charge is 2.34. The summed E-state index contributed by atoms with van der Waals surface area (Å²) in [7, 11) is -2.05. The van der Waals surface area contributed by atoms with Crippen molar-refractivity contribution in [2.45, 2.75) is 52.6 Å². The van der Waals surface area contributed by atoms with Crippen LogP contribution < -0.4 is 0 Å². The summed E-state index contributed by atoms with van der Waals surface area (Å²) in [6.07, 6.45) is 2.35. The lowest BCUT2D eigenvalue weighted by Crippen LogP contribution is -2.43. The maximum absolute atomic E-state index is 6.10. The molecule has 19 heavy (non-hydrogen) atoms. The summed E-state index contributed by atoms with van der Waals surface area (Å²) in [6.45, 7) is 12.5. The van der Waals surface area contributed by atoms with Crippen molar-refractivity contribution in [1.29, 1.82) is 0 Å². The van der Waals surface area contributed by atoms with Gasteiger partial charge in [-0.3, -0.25) is 0 Å². The molecule has 0 aliphatic heterocycles. The number of unbranched alkanes of at least 4 members (excludes halogenated alkanes) is 1. The molecule has 116 valence electrons. The van der Waals surface area contributed by atoms with E-state index in [4.69, 9.17) is 18.3 Å². The Bertz CT molecular complexity index is 178. The molecular formula is C14H32O4Si. The van der Waals surface area contributed by atoms with Gasteiger partial charge in [0.25, 0.3) is 0 Å². The van der Waals surface area contributed by atoms with E-state index in [1.54, 1.807) is 0 Å². The minimum absolute atomic E-state index is 0.645. The smallest absolute Gasteiger partial charge is 0.338 e. The predicted octanol–water partition coefficient (Wildman–Crippen LogP) is 3.35. The summed E-state index contributed by atoms with van der Waals surface area (Å²) >= 11 is 0. The molecule has 0 saturated heterocycles. The van der Waals surface area contributed by atoms with Crippen molar-refractivity contribution in [2.75, 3.05) is 39.6 Å². The van der Waals surface area contributed by atoms with Crippen LogP contribution >= 0.6 is 0 Å². The van der Waals surface area contributed by atoms with Gasteiger partial charge in [-0.25, -0.2) is 0 Å². The highest BCUT2D eigenvalue weighted by molar-refractivity contribution is 6.67. The molecule has 0 radical (unpaired) electrons. The molecule has 0 saturated carbocycles. The second kappa shape index (κ2) is 13.1. The van der Waals surface area contributed by atoms with Crippen LogP contribution in [0.15, 0.2) is 0 Å². The highest BCUT2D eigenvalue weighted by Crippen LogP contribution is 2.21. The van der Waals surface area contributed by atoms with E-state index >= 15 is 0 Å². The summed E-state index contributed by atoms with van der Waals surface area (Å²) in [6, 6.07) is 2.06. The van der Waals surface area contributed by atoms with Gasteiger partial charge in [-0.05, 0) is 25.9 Å². The van der Waals surface area contributed by atoms with Gasteiger partial charge in [0, 0.05) is 13.2 Å². The summed E-state index contributed by atoms with van der Waals surface area (Å²) in [4.78, 5) is 0. The first kappa shape index (κ1) is 19.1. The van der Waals surface area contributed by atoms with Crippen LogP contribution in [0, 0.1) is 0 Å². The number of hydrogen-bond donors (Lipinski definition) is 0. The molecule has 0 unspecified atom stereocenters. The molecule has 0 aliphatic rings. The van der Waals surface area contributed by atoms with Gasteiger partial charge in [0.05, 0.1) is 26.4 Å². The zero-order chi connectivity index (χ0) is 14.4. The average Bonchev–Trinajstić information content (AvgIpc) is 2.45. The van der Waals surface area contributed by atoms with Crippen LogP contribution in [0.5, 0.6) is 0 Å². The van der Waals surface area contributed by atoms with Crippen molar-refractivity contribution in [3.63, 3.8) is 0 Å². The Labute approximate surface area is 120 Å². The SMILES string of the molecule is CCCC[Si](CC)(OCCOCC)OCCOCC. The molecule has 0 fully saturated rings. The molecular weight excluding hydrogens is 260 g/mol. The molecule has 0 atom stereocenters. The minimum atomic E-state index is -2.05. The maximum atomic E-state index is 6.10. The lowest BCUT2D eigenvalue weighted by atomic mass is 10.4. The van der Waals surface area contributed by atoms with Crippen LogP contribution in [0.1, 0.15) is 40.5 Å². The molecule has 0 amide bonds. The molecule has 0 aliphatic carbocycles. The van der Waals surface area contributed by atoms with E-state index in [1.165, 1.54) is 12.8 Å². The molecule has 0 heterocycles. The topological polar surface area (TPSA) is 36.9 Å². The maximum Gasteiger partial charge on any atom is 0.338 e. The van der Waals surface area contributed by atoms with Gasteiger partial charge in [-0.15, -0.1) is 0 Å². The molecule has 0 N–H and O–H groups in total. The van der Waals surface area contributed by atoms with E-state index in [-0.39, 0.29) is 0 Å². The van der Waals surface area contributed by atoms with Crippen LogP contribution in [0.25, 0.3) is 0 Å². The van der Waals surface area contributed by atoms with E-state index in [9.17, 15) is 0 Å². The van der Waals surface area contributed by atoms with Crippen molar-refractivity contribution >= 4 is 8.56 Å². The predicted molar refractivity (Wildman–Crippen MR) is 80.8 cm³/mol. The van der Waals surface area contributed by atoms with E-state index in [0.717, 1.165) is 25.3 Å². The van der Waals surface area contributed by atoms with Crippen LogP contribution in [0.2, 0.25) is 12.1 Å². The fraction of sp³-hybridized carbons (Fsp3) is 1.00. The van der Waals surface area contributed by atoms with Gasteiger partial charge >= 0.3 is 8.56 Å². The van der Waals surface area contributed by atoms with Crippen LogP contribution in [0.3, 0.4) is 0 Å². The third kappa shape index (κ3) is 9.57. The third-order valence-corrected chi connectivity index (χ3v) is 6.70. The Morgan fingerprint density at radius 1 is 0.737 bits per heavy atom. The van der Waals surface area contributed by atoms with Crippen LogP contribution in [-0.4, -0.2) is 48.2 Å². The van der Waals surface area contributed by atoms with Crippen molar-refractivity contribution < 1.29 is 18.3 Å². The normalized spacial score (nSPS) is 12.0. The largest absolute Gasteiger partial charge is 0.392 e. The molecule has 0 aromatic carbocycles. The minimum Gasteiger partial charge on any atom is -0.392 e. The van der Waals surface area contributed by atoms with Crippen LogP contribution in [-0.2, 0) is 18.3 Å². The number of ether oxygens (including phenoxy) is 2. The van der Waals surface area contributed by atoms with Crippen LogP contribution in [0.4, 0.5) is 0 Å². The standard InChI is InChI=1S/C14H32O4Si/c1-5-9-14-19(8-4,17-12-10-15-6-2)18-13-11-16-7-3/h5-14H2,1-4H3. The first-order valence-corrected chi connectivity index (χ1v) is 9.91. The van der Waals surface area contributed by atoms with Crippen molar-refractivity contribution in [2.24, 2.45) is 0 Å². The Kier molecular flexibility index (Phi) is 13.1. The number of rotatable bonds is 14. The lowest BCUT2D eigenvalue weighted by Gasteiger charge is -2.30. The van der Waals surface area contributed by atoms with Gasteiger partial charge in [0.1, 0.15) is 0 Å². The zero-order valence-electron chi connectivity index (χ0n) is 13.2. The van der Waals surface area contributed by atoms with Gasteiger partial charge in [0.2, 0.25) is 0 Å². The average molecular weight is 292 g/mol. The van der Waals surface area contributed by atoms with E-state index in [1.807, 2.05) is 13.8 Å². The van der Waals surface area contributed by atoms with Gasteiger partial charge < -0.3 is 18.3 Å². The molecule has 0 aromatic rings. The summed E-state index contributed by atoms with van der Waals surface area (Å²) < 4.78 is 22.9. The summed E-state index contributed by atoms with van der Waals surface area (Å²) in [5.41, 5.74) is 0. The quantitative estimate of drug-likeness (QED) is 0.363. The monoisotopic (exact) mass is 292 g/mol. The Morgan fingerprint density at radius 3 is 1.63 bits per heavy atom. The van der Waals surface area contributed by atoms with Crippen molar-refractivity contribution in [1.82, 2.24) is 0 Å². The Balaban J connectivity index is 4.15. The third-order valence-electron chi connectivity index (χ3n) is 3.04. The first-order chi connectivity index (χ1) is 9.24. The van der Waals surface area contributed by atoms with Crippen molar-refractivity contribution in [3.8, 4) is 0 Å². The fourth-order valence-electron chi connectivity index (χ4n) is 1.87. The van der Waals surface area contributed by atoms with E-state index in [2.05, 4.69) is 13.8 Å². The molecule has 0 rings (SSSR count). The van der Waals surface area contributed by atoms with Gasteiger partial charge in [-0.1, -0.05) is 26.7 Å². The fourth-order valence-corrected chi connectivity index (χ4v) is 4.81. The van der Waals surface area contributed by atoms with Gasteiger partial charge in [-0.2, -0.15) is 0 Å². The molecule has 5 heteroatoms. The van der Waals surface area contributed by atoms with Gasteiger partial charge in [0.15, 0.2) is 0 Å². The summed E-state index contributed by atoms with van der Waals surface area (Å²) in [5, 5.41) is 0. The Hall–Kier alpha value is 0.0569. The highest BCUT2D eigenvalue weighted by atomic mass is 28.4. The molecule has 0 aromatic heterocycles. The van der Waals surface area contributed by atoms with Crippen molar-refractivity contribution in [3.05, 3.63) is 0 Å². The summed E-state index contributed by atoms with van der Waals surface area (Å²) in [5.74, 6) is 0. The first-order valence-electron chi connectivity index (χ1n) is 7.68. The molecule has 0 bridgehead atoms. The second-order valence-electron chi connectivity index (χ2n) is 4.46. The zero-order valence-corrected chi connectivity index (χ0v) is 14.2. The number of hydrogen-bond acceptors (Lipinski definition) is 4. The van der Waals surface area contributed by atoms with E-state index in [0.29, 0.717) is 26.4 Å². The molecule has 4 nitrogen and oxygen atoms in total. The lowest BCUT2D eigenvalue weighted by molar-refractivity contribution is 0.0643. The molecule has 0 spiro atoms. The second-order valence-corrected chi connectivity index (χ2v) is 8.06. The Morgan fingerprint density at radius 2 is 1.26 bits per heavy atom. The van der Waals surface area contributed by atoms with E-state index < -0.39 is 8.56 Å².